The molecule has 1 N–H and O–H groups in total. The summed E-state index contributed by atoms with van der Waals surface area (Å²) in [5.74, 6) is 0.436. The number of rotatable bonds is 2. The van der Waals surface area contributed by atoms with Gasteiger partial charge in [-0.3, -0.25) is 4.90 Å². The SMILES string of the molecule is OC12CCCCC1CN(Cc1cccnc1Cl)CC2. The first kappa shape index (κ1) is 13.3. The summed E-state index contributed by atoms with van der Waals surface area (Å²) in [5, 5.41) is 11.3. The summed E-state index contributed by atoms with van der Waals surface area (Å²) < 4.78 is 0. The standard InChI is InChI=1S/C15H21ClN2O/c16-14-12(4-3-8-17-14)10-18-9-7-15(19)6-2-1-5-13(15)11-18/h3-4,8,13,19H,1-2,5-7,9-11H2. The second kappa shape index (κ2) is 5.39. The molecule has 1 aliphatic carbocycles. The van der Waals surface area contributed by atoms with E-state index in [0.29, 0.717) is 11.1 Å². The maximum atomic E-state index is 10.7. The molecule has 2 fully saturated rings. The van der Waals surface area contributed by atoms with Gasteiger partial charge in [-0.1, -0.05) is 30.5 Å². The smallest absolute Gasteiger partial charge is 0.133 e. The van der Waals surface area contributed by atoms with Crippen LogP contribution in [-0.4, -0.2) is 33.7 Å². The fraction of sp³-hybridized carbons (Fsp3) is 0.667. The van der Waals surface area contributed by atoms with E-state index in [1.54, 1.807) is 6.20 Å². The van der Waals surface area contributed by atoms with E-state index in [2.05, 4.69) is 9.88 Å². The van der Waals surface area contributed by atoms with Crippen molar-refractivity contribution in [2.75, 3.05) is 13.1 Å². The number of piperidine rings is 1. The van der Waals surface area contributed by atoms with Crippen molar-refractivity contribution in [3.05, 3.63) is 29.0 Å². The molecule has 1 saturated heterocycles. The van der Waals surface area contributed by atoms with Crippen LogP contribution < -0.4 is 0 Å². The van der Waals surface area contributed by atoms with E-state index >= 15 is 0 Å². The molecule has 0 aromatic carbocycles. The van der Waals surface area contributed by atoms with Crippen LogP contribution in [0.3, 0.4) is 0 Å². The highest BCUT2D eigenvalue weighted by Crippen LogP contribution is 2.40. The molecule has 2 atom stereocenters. The molecular formula is C15H21ClN2O. The number of hydrogen-bond donors (Lipinski definition) is 1. The van der Waals surface area contributed by atoms with Gasteiger partial charge in [0.1, 0.15) is 5.15 Å². The molecule has 0 spiro atoms. The summed E-state index contributed by atoms with van der Waals surface area (Å²) in [6.45, 7) is 2.79. The highest BCUT2D eigenvalue weighted by molar-refractivity contribution is 6.30. The lowest BCUT2D eigenvalue weighted by molar-refractivity contribution is -0.0967. The molecule has 1 aromatic heterocycles. The lowest BCUT2D eigenvalue weighted by Gasteiger charge is -2.47. The summed E-state index contributed by atoms with van der Waals surface area (Å²) in [7, 11) is 0. The van der Waals surface area contributed by atoms with Crippen molar-refractivity contribution in [2.45, 2.75) is 44.2 Å². The Morgan fingerprint density at radius 1 is 1.42 bits per heavy atom. The van der Waals surface area contributed by atoms with Gasteiger partial charge >= 0.3 is 0 Å². The zero-order valence-corrected chi connectivity index (χ0v) is 11.9. The minimum atomic E-state index is -0.395. The van der Waals surface area contributed by atoms with Crippen LogP contribution in [0.15, 0.2) is 18.3 Å². The van der Waals surface area contributed by atoms with Gasteiger partial charge in [-0.2, -0.15) is 0 Å². The first-order valence-corrected chi connectivity index (χ1v) is 7.59. The number of aromatic nitrogens is 1. The van der Waals surface area contributed by atoms with Crippen molar-refractivity contribution in [3.8, 4) is 0 Å². The number of halogens is 1. The summed E-state index contributed by atoms with van der Waals surface area (Å²) in [6.07, 6.45) is 7.21. The largest absolute Gasteiger partial charge is 0.390 e. The third-order valence-electron chi connectivity index (χ3n) is 4.74. The molecule has 0 radical (unpaired) electrons. The Hall–Kier alpha value is -0.640. The Kier molecular flexibility index (Phi) is 3.79. The molecule has 3 nitrogen and oxygen atoms in total. The van der Waals surface area contributed by atoms with E-state index in [4.69, 9.17) is 11.6 Å². The molecule has 104 valence electrons. The monoisotopic (exact) mass is 280 g/mol. The minimum Gasteiger partial charge on any atom is -0.390 e. The van der Waals surface area contributed by atoms with Gasteiger partial charge in [0.15, 0.2) is 0 Å². The average molecular weight is 281 g/mol. The molecule has 19 heavy (non-hydrogen) atoms. The highest BCUT2D eigenvalue weighted by Gasteiger charge is 2.42. The van der Waals surface area contributed by atoms with Crippen molar-refractivity contribution in [2.24, 2.45) is 5.92 Å². The quantitative estimate of drug-likeness (QED) is 0.847. The van der Waals surface area contributed by atoms with Crippen LogP contribution in [0, 0.1) is 5.92 Å². The summed E-state index contributed by atoms with van der Waals surface area (Å²) in [6, 6.07) is 3.97. The topological polar surface area (TPSA) is 36.4 Å². The fourth-order valence-corrected chi connectivity index (χ4v) is 3.74. The zero-order valence-electron chi connectivity index (χ0n) is 11.2. The second-order valence-corrected chi connectivity index (χ2v) is 6.34. The van der Waals surface area contributed by atoms with Crippen molar-refractivity contribution in [1.82, 2.24) is 9.88 Å². The number of hydrogen-bond acceptors (Lipinski definition) is 3. The Morgan fingerprint density at radius 2 is 2.32 bits per heavy atom. The van der Waals surface area contributed by atoms with Gasteiger partial charge in [-0.05, 0) is 25.3 Å². The molecule has 2 aliphatic rings. The van der Waals surface area contributed by atoms with Crippen LogP contribution in [-0.2, 0) is 6.54 Å². The fourth-order valence-electron chi connectivity index (χ4n) is 3.56. The van der Waals surface area contributed by atoms with Crippen LogP contribution in [0.1, 0.15) is 37.7 Å². The van der Waals surface area contributed by atoms with Gasteiger partial charge in [0, 0.05) is 37.3 Å². The molecular weight excluding hydrogens is 260 g/mol. The van der Waals surface area contributed by atoms with E-state index in [-0.39, 0.29) is 0 Å². The predicted molar refractivity (Wildman–Crippen MR) is 76.0 cm³/mol. The van der Waals surface area contributed by atoms with Crippen molar-refractivity contribution >= 4 is 11.6 Å². The van der Waals surface area contributed by atoms with E-state index in [1.165, 1.54) is 12.8 Å². The number of fused-ring (bicyclic) bond motifs is 1. The highest BCUT2D eigenvalue weighted by atomic mass is 35.5. The van der Waals surface area contributed by atoms with Crippen molar-refractivity contribution in [1.29, 1.82) is 0 Å². The van der Waals surface area contributed by atoms with E-state index in [0.717, 1.165) is 44.5 Å². The number of pyridine rings is 1. The van der Waals surface area contributed by atoms with Crippen molar-refractivity contribution < 1.29 is 5.11 Å². The van der Waals surface area contributed by atoms with E-state index < -0.39 is 5.60 Å². The number of likely N-dealkylation sites (tertiary alicyclic amines) is 1. The summed E-state index contributed by atoms with van der Waals surface area (Å²) in [5.41, 5.74) is 0.693. The number of aliphatic hydroxyl groups is 1. The maximum Gasteiger partial charge on any atom is 0.133 e. The molecule has 1 saturated carbocycles. The van der Waals surface area contributed by atoms with Gasteiger partial charge in [0.25, 0.3) is 0 Å². The van der Waals surface area contributed by atoms with Crippen LogP contribution in [0.2, 0.25) is 5.15 Å². The Morgan fingerprint density at radius 3 is 3.16 bits per heavy atom. The molecule has 1 aliphatic heterocycles. The molecule has 2 unspecified atom stereocenters. The predicted octanol–water partition coefficient (Wildman–Crippen LogP) is 2.86. The lowest BCUT2D eigenvalue weighted by Crippen LogP contribution is -2.52. The third kappa shape index (κ3) is 2.78. The molecule has 0 amide bonds. The van der Waals surface area contributed by atoms with Gasteiger partial charge in [-0.25, -0.2) is 4.98 Å². The minimum absolute atomic E-state index is 0.395. The van der Waals surface area contributed by atoms with Crippen LogP contribution in [0.4, 0.5) is 0 Å². The Labute approximate surface area is 119 Å². The average Bonchev–Trinajstić information content (AvgIpc) is 2.41. The van der Waals surface area contributed by atoms with Gasteiger partial charge in [-0.15, -0.1) is 0 Å². The van der Waals surface area contributed by atoms with Gasteiger partial charge in [0.05, 0.1) is 5.60 Å². The van der Waals surface area contributed by atoms with Gasteiger partial charge in [0.2, 0.25) is 0 Å². The molecule has 1 aromatic rings. The molecule has 3 rings (SSSR count). The Balaban J connectivity index is 1.67. The van der Waals surface area contributed by atoms with Crippen LogP contribution in [0.25, 0.3) is 0 Å². The first-order chi connectivity index (χ1) is 9.17. The Bertz CT molecular complexity index is 454. The van der Waals surface area contributed by atoms with Gasteiger partial charge < -0.3 is 5.11 Å². The van der Waals surface area contributed by atoms with Crippen molar-refractivity contribution in [3.63, 3.8) is 0 Å². The van der Waals surface area contributed by atoms with Crippen LogP contribution in [0.5, 0.6) is 0 Å². The van der Waals surface area contributed by atoms with Crippen LogP contribution >= 0.6 is 11.6 Å². The lowest BCUT2D eigenvalue weighted by atomic mass is 9.71. The molecule has 4 heteroatoms. The maximum absolute atomic E-state index is 10.7. The van der Waals surface area contributed by atoms with E-state index in [1.807, 2.05) is 12.1 Å². The third-order valence-corrected chi connectivity index (χ3v) is 5.08. The molecule has 0 bridgehead atoms. The van der Waals surface area contributed by atoms with E-state index in [9.17, 15) is 5.11 Å². The summed E-state index contributed by atoms with van der Waals surface area (Å²) >= 11 is 6.12. The first-order valence-electron chi connectivity index (χ1n) is 7.21. The second-order valence-electron chi connectivity index (χ2n) is 5.98. The zero-order chi connectivity index (χ0) is 13.3. The summed E-state index contributed by atoms with van der Waals surface area (Å²) in [4.78, 5) is 6.54. The normalized spacial score (nSPS) is 32.0. The number of nitrogens with zero attached hydrogens (tertiary/aromatic N) is 2. The molecule has 2 heterocycles.